The molecule has 2 amide bonds. The first-order valence-electron chi connectivity index (χ1n) is 11.6. The van der Waals surface area contributed by atoms with Gasteiger partial charge in [0.05, 0.1) is 18.4 Å². The van der Waals surface area contributed by atoms with Crippen LogP contribution in [0.5, 0.6) is 0 Å². The molecule has 0 saturated heterocycles. The fourth-order valence-corrected chi connectivity index (χ4v) is 3.91. The van der Waals surface area contributed by atoms with Crippen molar-refractivity contribution in [3.05, 3.63) is 77.8 Å². The molecule has 35 heavy (non-hydrogen) atoms. The van der Waals surface area contributed by atoms with E-state index in [1.165, 1.54) is 5.56 Å². The quantitative estimate of drug-likeness (QED) is 0.421. The highest BCUT2D eigenvalue weighted by molar-refractivity contribution is 5.89. The number of allylic oxidation sites excluding steroid dienone is 2. The van der Waals surface area contributed by atoms with Crippen LogP contribution in [0, 0.1) is 0 Å². The lowest BCUT2D eigenvalue weighted by atomic mass is 10.1. The Morgan fingerprint density at radius 3 is 2.74 bits per heavy atom. The van der Waals surface area contributed by atoms with Crippen LogP contribution < -0.4 is 10.6 Å². The van der Waals surface area contributed by atoms with Crippen molar-refractivity contribution in [1.29, 1.82) is 0 Å². The van der Waals surface area contributed by atoms with Gasteiger partial charge < -0.3 is 10.2 Å². The van der Waals surface area contributed by atoms with Crippen molar-refractivity contribution >= 4 is 28.6 Å². The number of benzene rings is 1. The predicted octanol–water partition coefficient (Wildman–Crippen LogP) is 5.04. The number of pyridine rings is 1. The number of alkyl halides is 2. The number of carbonyl (C=O) groups is 1. The number of carbonyl (C=O) groups excluding carboxylic acids is 1. The van der Waals surface area contributed by atoms with E-state index in [-0.39, 0.29) is 12.6 Å². The van der Waals surface area contributed by atoms with Gasteiger partial charge in [0.25, 0.3) is 6.43 Å². The Bertz CT molecular complexity index is 1230. The van der Waals surface area contributed by atoms with Crippen molar-refractivity contribution in [2.75, 3.05) is 25.0 Å². The fraction of sp³-hybridized carbons (Fsp3) is 0.308. The molecule has 2 aromatic heterocycles. The summed E-state index contributed by atoms with van der Waals surface area (Å²) in [6.45, 7) is 2.55. The van der Waals surface area contributed by atoms with Gasteiger partial charge in [-0.15, -0.1) is 0 Å². The average molecular weight is 479 g/mol. The highest BCUT2D eigenvalue weighted by Crippen LogP contribution is 2.23. The Morgan fingerprint density at radius 1 is 1.11 bits per heavy atom. The average Bonchev–Trinajstić information content (AvgIpc) is 2.83. The van der Waals surface area contributed by atoms with Gasteiger partial charge in [-0.05, 0) is 43.9 Å². The zero-order valence-electron chi connectivity index (χ0n) is 19.5. The van der Waals surface area contributed by atoms with E-state index in [1.54, 1.807) is 29.4 Å². The number of urea groups is 1. The number of hydrogen-bond donors (Lipinski definition) is 2. The molecule has 182 valence electrons. The second-order valence-corrected chi connectivity index (χ2v) is 8.51. The van der Waals surface area contributed by atoms with Gasteiger partial charge in [-0.1, -0.05) is 42.0 Å². The third kappa shape index (κ3) is 7.05. The smallest absolute Gasteiger partial charge is 0.320 e. The van der Waals surface area contributed by atoms with Gasteiger partial charge in [0.1, 0.15) is 11.3 Å². The number of amides is 2. The van der Waals surface area contributed by atoms with Crippen molar-refractivity contribution in [3.8, 4) is 0 Å². The number of rotatable bonds is 9. The summed E-state index contributed by atoms with van der Waals surface area (Å²) in [5.74, 6) is 0.356. The Labute approximate surface area is 203 Å². The number of nitrogens with one attached hydrogen (secondary N) is 2. The zero-order valence-corrected chi connectivity index (χ0v) is 19.5. The number of hydrogen-bond acceptors (Lipinski definition) is 5. The zero-order chi connectivity index (χ0) is 24.6. The molecule has 0 fully saturated rings. The van der Waals surface area contributed by atoms with Crippen LogP contribution in [0.1, 0.15) is 31.0 Å². The molecule has 0 aliphatic carbocycles. The normalized spacial score (nSPS) is 13.5. The summed E-state index contributed by atoms with van der Waals surface area (Å²) in [7, 11) is 0. The fourth-order valence-electron chi connectivity index (χ4n) is 3.91. The highest BCUT2D eigenvalue weighted by atomic mass is 19.3. The molecule has 3 aromatic rings. The Morgan fingerprint density at radius 2 is 1.94 bits per heavy atom. The molecule has 7 nitrogen and oxygen atoms in total. The molecule has 2 N–H and O–H groups in total. The number of aryl methyl sites for hydroxylation is 1. The van der Waals surface area contributed by atoms with Crippen LogP contribution in [0.25, 0.3) is 16.7 Å². The van der Waals surface area contributed by atoms with Gasteiger partial charge >= 0.3 is 6.03 Å². The summed E-state index contributed by atoms with van der Waals surface area (Å²) >= 11 is 0. The summed E-state index contributed by atoms with van der Waals surface area (Å²) in [5, 5.41) is 5.57. The molecule has 0 saturated carbocycles. The minimum atomic E-state index is -2.42. The topological polar surface area (TPSA) is 83.0 Å². The number of anilines is 1. The van der Waals surface area contributed by atoms with Gasteiger partial charge in [0.2, 0.25) is 0 Å². The van der Waals surface area contributed by atoms with Gasteiger partial charge in [0, 0.05) is 24.9 Å². The maximum atomic E-state index is 12.9. The number of nitrogens with zero attached hydrogens (tertiary/aromatic N) is 4. The van der Waals surface area contributed by atoms with Crippen molar-refractivity contribution in [3.63, 3.8) is 0 Å². The van der Waals surface area contributed by atoms with Crippen molar-refractivity contribution in [1.82, 2.24) is 25.2 Å². The molecule has 0 radical (unpaired) electrons. The number of unbranched alkanes of at least 4 members (excludes halogenated alkanes) is 1. The van der Waals surface area contributed by atoms with Crippen LogP contribution in [-0.4, -0.2) is 51.9 Å². The number of fused-ring (bicyclic) bond motifs is 1. The highest BCUT2D eigenvalue weighted by Gasteiger charge is 2.16. The largest absolute Gasteiger partial charge is 0.367 e. The number of halogens is 2. The summed E-state index contributed by atoms with van der Waals surface area (Å²) in [6, 6.07) is 13.3. The van der Waals surface area contributed by atoms with Crippen molar-refractivity contribution in [2.45, 2.75) is 32.6 Å². The summed E-state index contributed by atoms with van der Waals surface area (Å²) in [4.78, 5) is 27.2. The monoisotopic (exact) mass is 478 g/mol. The minimum Gasteiger partial charge on any atom is -0.367 e. The molecular formula is C26H28F2N6O. The van der Waals surface area contributed by atoms with Crippen molar-refractivity contribution in [2.24, 2.45) is 0 Å². The second kappa shape index (κ2) is 11.5. The van der Waals surface area contributed by atoms with Gasteiger partial charge in [0.15, 0.2) is 5.65 Å². The molecule has 1 aliphatic heterocycles. The summed E-state index contributed by atoms with van der Waals surface area (Å²) in [5.41, 5.74) is 4.40. The molecule has 9 heteroatoms. The molecule has 0 unspecified atom stereocenters. The molecule has 0 atom stereocenters. The Balaban J connectivity index is 1.35. The lowest BCUT2D eigenvalue weighted by Gasteiger charge is -2.25. The van der Waals surface area contributed by atoms with Gasteiger partial charge in [-0.2, -0.15) is 0 Å². The van der Waals surface area contributed by atoms with Crippen LogP contribution in [-0.2, 0) is 6.42 Å². The molecule has 1 aromatic carbocycles. The maximum Gasteiger partial charge on any atom is 0.320 e. The first-order valence-corrected chi connectivity index (χ1v) is 11.6. The first kappa shape index (κ1) is 24.3. The molecule has 0 bridgehead atoms. The van der Waals surface area contributed by atoms with Gasteiger partial charge in [-0.25, -0.2) is 23.5 Å². The standard InChI is InChI=1S/C26H28F2N6O/c1-18-13-20(16-34(15-18)17-23(27)28)22-14-30-21-10-11-24(32-25(21)31-22)33-26(35)29-12-6-5-9-19-7-3-2-4-8-19/h2-4,7-8,10-11,13-14,16,23H,5-6,9,12,15,17H2,1H3,(H2,29,31,32,33,35). The van der Waals surface area contributed by atoms with E-state index in [2.05, 4.69) is 37.7 Å². The van der Waals surface area contributed by atoms with E-state index in [0.29, 0.717) is 41.3 Å². The summed E-state index contributed by atoms with van der Waals surface area (Å²) < 4.78 is 25.7. The van der Waals surface area contributed by atoms with E-state index >= 15 is 0 Å². The van der Waals surface area contributed by atoms with Gasteiger partial charge in [-0.3, -0.25) is 10.3 Å². The van der Waals surface area contributed by atoms with Crippen LogP contribution in [0.3, 0.4) is 0 Å². The lowest BCUT2D eigenvalue weighted by Crippen LogP contribution is -2.29. The maximum absolute atomic E-state index is 12.9. The van der Waals surface area contributed by atoms with Crippen molar-refractivity contribution < 1.29 is 13.6 Å². The first-order chi connectivity index (χ1) is 17.0. The van der Waals surface area contributed by atoms with E-state index in [4.69, 9.17) is 0 Å². The molecule has 1 aliphatic rings. The molecule has 3 heterocycles. The lowest BCUT2D eigenvalue weighted by molar-refractivity contribution is 0.112. The second-order valence-electron chi connectivity index (χ2n) is 8.51. The Hall–Kier alpha value is -3.88. The van der Waals surface area contributed by atoms with Crippen LogP contribution in [0.15, 0.2) is 66.5 Å². The molecule has 0 spiro atoms. The predicted molar refractivity (Wildman–Crippen MR) is 133 cm³/mol. The SMILES string of the molecule is CC1=CC(c2cnc3ccc(NC(=O)NCCCCc4ccccc4)nc3n2)=CN(CC(F)F)C1. The van der Waals surface area contributed by atoms with Crippen LogP contribution in [0.4, 0.5) is 19.4 Å². The number of aromatic nitrogens is 3. The molecule has 4 rings (SSSR count). The van der Waals surface area contributed by atoms with E-state index in [1.807, 2.05) is 31.2 Å². The van der Waals surface area contributed by atoms with E-state index < -0.39 is 6.43 Å². The van der Waals surface area contributed by atoms with E-state index in [0.717, 1.165) is 24.8 Å². The third-order valence-corrected chi connectivity index (χ3v) is 5.51. The summed E-state index contributed by atoms with van der Waals surface area (Å²) in [6.07, 6.45) is 5.57. The third-order valence-electron chi connectivity index (χ3n) is 5.51. The Kier molecular flexibility index (Phi) is 7.97. The van der Waals surface area contributed by atoms with E-state index in [9.17, 15) is 13.6 Å². The van der Waals surface area contributed by atoms with Crippen LogP contribution in [0.2, 0.25) is 0 Å². The molecular weight excluding hydrogens is 450 g/mol. The van der Waals surface area contributed by atoms with Crippen LogP contribution >= 0.6 is 0 Å². The minimum absolute atomic E-state index is 0.336.